The summed E-state index contributed by atoms with van der Waals surface area (Å²) in [6.45, 7) is 5.22. The van der Waals surface area contributed by atoms with E-state index in [0.717, 1.165) is 24.0 Å². The summed E-state index contributed by atoms with van der Waals surface area (Å²) in [5, 5.41) is 2.92. The molecule has 0 spiro atoms. The van der Waals surface area contributed by atoms with Crippen LogP contribution in [0.5, 0.6) is 0 Å². The Hall–Kier alpha value is -1.14. The lowest BCUT2D eigenvalue weighted by molar-refractivity contribution is -0.124. The highest BCUT2D eigenvalue weighted by atomic mass is 35.5. The maximum absolute atomic E-state index is 12.1. The van der Waals surface area contributed by atoms with Gasteiger partial charge in [0.1, 0.15) is 0 Å². The van der Waals surface area contributed by atoms with Gasteiger partial charge in [-0.25, -0.2) is 0 Å². The van der Waals surface area contributed by atoms with E-state index in [2.05, 4.69) is 5.32 Å². The van der Waals surface area contributed by atoms with Gasteiger partial charge in [-0.2, -0.15) is 0 Å². The molecular weight excluding hydrogens is 316 g/mol. The Morgan fingerprint density at radius 2 is 1.91 bits per heavy atom. The highest BCUT2D eigenvalue weighted by Gasteiger charge is 2.26. The van der Waals surface area contributed by atoms with Gasteiger partial charge < -0.3 is 20.5 Å². The van der Waals surface area contributed by atoms with Crippen LogP contribution in [0, 0.1) is 5.92 Å². The summed E-state index contributed by atoms with van der Waals surface area (Å²) in [5.41, 5.74) is 8.25. The first-order chi connectivity index (χ1) is 10.7. The van der Waals surface area contributed by atoms with Crippen molar-refractivity contribution < 1.29 is 14.3 Å². The number of nitrogens with two attached hydrogens (primary N) is 1. The van der Waals surface area contributed by atoms with Crippen molar-refractivity contribution in [2.45, 2.75) is 39.0 Å². The molecule has 5 nitrogen and oxygen atoms in total. The first-order valence-electron chi connectivity index (χ1n) is 7.97. The predicted octanol–water partition coefficient (Wildman–Crippen LogP) is 2.02. The average Bonchev–Trinajstić information content (AvgIpc) is 2.58. The Balaban J connectivity index is 0.00000264. The molecule has 3 N–H and O–H groups in total. The lowest BCUT2D eigenvalue weighted by Gasteiger charge is -2.26. The van der Waals surface area contributed by atoms with Crippen molar-refractivity contribution in [1.82, 2.24) is 5.32 Å². The number of rotatable bonds is 7. The second-order valence-corrected chi connectivity index (χ2v) is 5.65. The smallest absolute Gasteiger partial charge is 0.237 e. The van der Waals surface area contributed by atoms with Gasteiger partial charge in [0, 0.05) is 26.4 Å². The number of amides is 1. The van der Waals surface area contributed by atoms with E-state index in [4.69, 9.17) is 15.2 Å². The Labute approximate surface area is 144 Å². The van der Waals surface area contributed by atoms with E-state index in [1.807, 2.05) is 31.2 Å². The molecule has 1 aromatic rings. The second kappa shape index (κ2) is 10.6. The number of carbonyl (C=O) groups excluding carboxylic acids is 1. The lowest BCUT2D eigenvalue weighted by atomic mass is 9.92. The maximum Gasteiger partial charge on any atom is 0.237 e. The highest BCUT2D eigenvalue weighted by Crippen LogP contribution is 2.17. The van der Waals surface area contributed by atoms with Crippen LogP contribution < -0.4 is 11.1 Å². The van der Waals surface area contributed by atoms with Gasteiger partial charge in [-0.3, -0.25) is 4.79 Å². The Bertz CT molecular complexity index is 461. The Morgan fingerprint density at radius 3 is 2.52 bits per heavy atom. The summed E-state index contributed by atoms with van der Waals surface area (Å²) in [7, 11) is 0. The molecule has 1 aliphatic rings. The first-order valence-corrected chi connectivity index (χ1v) is 7.97. The number of nitrogens with one attached hydrogen (secondary N) is 1. The molecule has 1 amide bonds. The van der Waals surface area contributed by atoms with Crippen molar-refractivity contribution in [3.8, 4) is 0 Å². The van der Waals surface area contributed by atoms with Crippen molar-refractivity contribution >= 4 is 18.3 Å². The molecule has 0 saturated carbocycles. The van der Waals surface area contributed by atoms with Gasteiger partial charge in [0.15, 0.2) is 0 Å². The number of ether oxygens (including phenoxy) is 2. The molecule has 1 saturated heterocycles. The van der Waals surface area contributed by atoms with Crippen LogP contribution in [-0.4, -0.2) is 31.8 Å². The number of carbonyl (C=O) groups is 1. The minimum Gasteiger partial charge on any atom is -0.381 e. The number of benzene rings is 1. The third-order valence-electron chi connectivity index (χ3n) is 4.04. The molecule has 2 rings (SSSR count). The zero-order valence-electron chi connectivity index (χ0n) is 13.6. The summed E-state index contributed by atoms with van der Waals surface area (Å²) < 4.78 is 10.7. The highest BCUT2D eigenvalue weighted by molar-refractivity contribution is 5.85. The van der Waals surface area contributed by atoms with E-state index < -0.39 is 6.04 Å². The summed E-state index contributed by atoms with van der Waals surface area (Å²) in [5.74, 6) is 0.146. The van der Waals surface area contributed by atoms with Gasteiger partial charge in [-0.1, -0.05) is 24.3 Å². The van der Waals surface area contributed by atoms with E-state index in [9.17, 15) is 4.79 Å². The summed E-state index contributed by atoms with van der Waals surface area (Å²) in [6.07, 6.45) is 1.72. The zero-order chi connectivity index (χ0) is 15.8. The van der Waals surface area contributed by atoms with Gasteiger partial charge in [0.25, 0.3) is 0 Å². The standard InChI is InChI=1S/C17H26N2O3.ClH/c1-2-21-12-14-5-3-13(4-6-14)11-19-17(20)16(18)15-7-9-22-10-8-15;/h3-6,15-16H,2,7-12,18H2,1H3,(H,19,20);1H. The van der Waals surface area contributed by atoms with Gasteiger partial charge in [0.05, 0.1) is 12.6 Å². The lowest BCUT2D eigenvalue weighted by Crippen LogP contribution is -2.46. The largest absolute Gasteiger partial charge is 0.381 e. The van der Waals surface area contributed by atoms with Crippen molar-refractivity contribution in [2.75, 3.05) is 19.8 Å². The Kier molecular flexibility index (Phi) is 9.17. The van der Waals surface area contributed by atoms with Crippen LogP contribution in [0.25, 0.3) is 0 Å². The van der Waals surface area contributed by atoms with Crippen molar-refractivity contribution in [3.63, 3.8) is 0 Å². The van der Waals surface area contributed by atoms with E-state index >= 15 is 0 Å². The molecule has 1 unspecified atom stereocenters. The van der Waals surface area contributed by atoms with Crippen LogP contribution in [0.15, 0.2) is 24.3 Å². The van der Waals surface area contributed by atoms with Gasteiger partial charge in [-0.05, 0) is 36.8 Å². The van der Waals surface area contributed by atoms with E-state index in [0.29, 0.717) is 33.0 Å². The van der Waals surface area contributed by atoms with Crippen LogP contribution in [0.2, 0.25) is 0 Å². The predicted molar refractivity (Wildman–Crippen MR) is 92.4 cm³/mol. The third-order valence-corrected chi connectivity index (χ3v) is 4.04. The van der Waals surface area contributed by atoms with Crippen LogP contribution in [-0.2, 0) is 27.4 Å². The molecule has 0 radical (unpaired) electrons. The van der Waals surface area contributed by atoms with Gasteiger partial charge in [-0.15, -0.1) is 12.4 Å². The summed E-state index contributed by atoms with van der Waals surface area (Å²) in [6, 6.07) is 7.62. The average molecular weight is 343 g/mol. The molecule has 0 bridgehead atoms. The number of hydrogen-bond donors (Lipinski definition) is 2. The molecule has 0 aliphatic carbocycles. The normalized spacial score (nSPS) is 16.4. The monoisotopic (exact) mass is 342 g/mol. The van der Waals surface area contributed by atoms with Gasteiger partial charge >= 0.3 is 0 Å². The molecule has 130 valence electrons. The summed E-state index contributed by atoms with van der Waals surface area (Å²) >= 11 is 0. The second-order valence-electron chi connectivity index (χ2n) is 5.65. The van der Waals surface area contributed by atoms with Crippen molar-refractivity contribution in [1.29, 1.82) is 0 Å². The molecule has 6 heteroatoms. The number of hydrogen-bond acceptors (Lipinski definition) is 4. The van der Waals surface area contributed by atoms with Crippen LogP contribution in [0.1, 0.15) is 30.9 Å². The molecule has 1 aliphatic heterocycles. The van der Waals surface area contributed by atoms with Crippen LogP contribution >= 0.6 is 12.4 Å². The molecule has 23 heavy (non-hydrogen) atoms. The topological polar surface area (TPSA) is 73.6 Å². The van der Waals surface area contributed by atoms with E-state index in [-0.39, 0.29) is 24.2 Å². The van der Waals surface area contributed by atoms with Crippen molar-refractivity contribution in [2.24, 2.45) is 11.7 Å². The molecule has 1 aromatic carbocycles. The molecule has 1 fully saturated rings. The minimum absolute atomic E-state index is 0. The first kappa shape index (κ1) is 19.9. The minimum atomic E-state index is -0.443. The molecule has 1 atom stereocenters. The maximum atomic E-state index is 12.1. The number of halogens is 1. The fourth-order valence-corrected chi connectivity index (χ4v) is 2.57. The quantitative estimate of drug-likeness (QED) is 0.795. The fraction of sp³-hybridized carbons (Fsp3) is 0.588. The van der Waals surface area contributed by atoms with E-state index in [1.54, 1.807) is 0 Å². The SMILES string of the molecule is CCOCc1ccc(CNC(=O)C(N)C2CCOCC2)cc1.Cl. The van der Waals surface area contributed by atoms with Crippen LogP contribution in [0.3, 0.4) is 0 Å². The Morgan fingerprint density at radius 1 is 1.30 bits per heavy atom. The molecular formula is C17H27ClN2O3. The third kappa shape index (κ3) is 6.47. The summed E-state index contributed by atoms with van der Waals surface area (Å²) in [4.78, 5) is 12.1. The van der Waals surface area contributed by atoms with Gasteiger partial charge in [0.2, 0.25) is 5.91 Å². The zero-order valence-corrected chi connectivity index (χ0v) is 14.4. The molecule has 0 aromatic heterocycles. The fourth-order valence-electron chi connectivity index (χ4n) is 2.57. The molecule has 1 heterocycles. The van der Waals surface area contributed by atoms with E-state index in [1.165, 1.54) is 0 Å². The van der Waals surface area contributed by atoms with Crippen LogP contribution in [0.4, 0.5) is 0 Å². The van der Waals surface area contributed by atoms with Crippen molar-refractivity contribution in [3.05, 3.63) is 35.4 Å².